The second-order valence-electron chi connectivity index (χ2n) is 4.75. The van der Waals surface area contributed by atoms with Gasteiger partial charge in [-0.05, 0) is 30.4 Å². The molecule has 0 amide bonds. The molecule has 0 aliphatic heterocycles. The van der Waals surface area contributed by atoms with E-state index in [1.54, 1.807) is 11.8 Å². The Morgan fingerprint density at radius 1 is 1.19 bits per heavy atom. The Labute approximate surface area is 136 Å². The van der Waals surface area contributed by atoms with E-state index in [4.69, 9.17) is 18.0 Å². The highest BCUT2D eigenvalue weighted by molar-refractivity contribution is 7.99. The van der Waals surface area contributed by atoms with E-state index in [-0.39, 0.29) is 6.04 Å². The van der Waals surface area contributed by atoms with Crippen molar-refractivity contribution in [1.82, 2.24) is 0 Å². The van der Waals surface area contributed by atoms with Crippen LogP contribution in [0.1, 0.15) is 31.0 Å². The van der Waals surface area contributed by atoms with Crippen LogP contribution in [0.5, 0.6) is 0 Å². The first-order valence-corrected chi connectivity index (χ1v) is 8.40. The molecule has 0 spiro atoms. The summed E-state index contributed by atoms with van der Waals surface area (Å²) >= 11 is 7.01. The van der Waals surface area contributed by atoms with E-state index >= 15 is 0 Å². The van der Waals surface area contributed by atoms with Gasteiger partial charge >= 0.3 is 0 Å². The Morgan fingerprint density at radius 2 is 1.90 bits per heavy atom. The number of anilines is 1. The highest BCUT2D eigenvalue weighted by atomic mass is 32.2. The van der Waals surface area contributed by atoms with E-state index < -0.39 is 0 Å². The van der Waals surface area contributed by atoms with Crippen LogP contribution in [-0.2, 0) is 0 Å². The zero-order valence-electron chi connectivity index (χ0n) is 12.3. The molecule has 3 N–H and O–H groups in total. The van der Waals surface area contributed by atoms with Crippen LogP contribution in [0.25, 0.3) is 0 Å². The summed E-state index contributed by atoms with van der Waals surface area (Å²) in [4.78, 5) is 1.57. The van der Waals surface area contributed by atoms with Crippen LogP contribution < -0.4 is 11.1 Å². The largest absolute Gasteiger partial charge is 0.389 e. The molecule has 2 rings (SSSR count). The number of rotatable bonds is 6. The Balaban J connectivity index is 2.31. The zero-order chi connectivity index (χ0) is 15.2. The minimum atomic E-state index is 0.196. The van der Waals surface area contributed by atoms with Crippen LogP contribution in [-0.4, -0.2) is 10.7 Å². The lowest BCUT2D eigenvalue weighted by molar-refractivity contribution is 0.883. The van der Waals surface area contributed by atoms with Gasteiger partial charge in [-0.2, -0.15) is 0 Å². The molecule has 0 radical (unpaired) electrons. The quantitative estimate of drug-likeness (QED) is 0.603. The molecule has 0 fully saturated rings. The zero-order valence-corrected chi connectivity index (χ0v) is 13.9. The van der Waals surface area contributed by atoms with Gasteiger partial charge in [-0.1, -0.05) is 55.5 Å². The molecular formula is C17H20N2S2. The fraction of sp³-hybridized carbons (Fsp3) is 0.235. The van der Waals surface area contributed by atoms with Gasteiger partial charge in [0.15, 0.2) is 0 Å². The molecule has 0 heterocycles. The summed E-state index contributed by atoms with van der Waals surface area (Å²) in [6.07, 6.45) is 0. The number of thiocarbonyl (C=S) groups is 1. The SMILES string of the molecule is CCSc1cccc(NC(C)c2ccccc2)c1C(N)=S. The number of nitrogens with two attached hydrogens (primary N) is 1. The van der Waals surface area contributed by atoms with E-state index in [2.05, 4.69) is 37.4 Å². The molecular weight excluding hydrogens is 296 g/mol. The molecule has 0 aliphatic rings. The normalized spacial score (nSPS) is 11.9. The Kier molecular flexibility index (Phi) is 5.65. The number of nitrogens with one attached hydrogen (secondary N) is 1. The smallest absolute Gasteiger partial charge is 0.107 e. The van der Waals surface area contributed by atoms with Crippen molar-refractivity contribution in [2.45, 2.75) is 24.8 Å². The number of benzene rings is 2. The molecule has 1 atom stereocenters. The summed E-state index contributed by atoms with van der Waals surface area (Å²) < 4.78 is 0. The van der Waals surface area contributed by atoms with E-state index in [0.717, 1.165) is 21.9 Å². The molecule has 110 valence electrons. The maximum Gasteiger partial charge on any atom is 0.107 e. The molecule has 0 bridgehead atoms. The summed E-state index contributed by atoms with van der Waals surface area (Å²) in [5, 5.41) is 3.53. The topological polar surface area (TPSA) is 38.0 Å². The summed E-state index contributed by atoms with van der Waals surface area (Å²) in [5.41, 5.74) is 9.12. The van der Waals surface area contributed by atoms with Crippen molar-refractivity contribution in [3.8, 4) is 0 Å². The van der Waals surface area contributed by atoms with Crippen LogP contribution in [0.2, 0.25) is 0 Å². The third-order valence-electron chi connectivity index (χ3n) is 3.24. The van der Waals surface area contributed by atoms with Crippen LogP contribution in [0.15, 0.2) is 53.4 Å². The number of hydrogen-bond acceptors (Lipinski definition) is 3. The van der Waals surface area contributed by atoms with Crippen molar-refractivity contribution in [3.63, 3.8) is 0 Å². The van der Waals surface area contributed by atoms with Crippen molar-refractivity contribution in [2.75, 3.05) is 11.1 Å². The second kappa shape index (κ2) is 7.48. The standard InChI is InChI=1S/C17H20N2S2/c1-3-21-15-11-7-10-14(16(15)17(18)20)19-12(2)13-8-5-4-6-9-13/h4-12,19H,3H2,1-2H3,(H2,18,20). The van der Waals surface area contributed by atoms with Crippen LogP contribution >= 0.6 is 24.0 Å². The van der Waals surface area contributed by atoms with E-state index in [0.29, 0.717) is 4.99 Å². The fourth-order valence-corrected chi connectivity index (χ4v) is 3.37. The van der Waals surface area contributed by atoms with Crippen molar-refractivity contribution in [1.29, 1.82) is 0 Å². The lowest BCUT2D eigenvalue weighted by Gasteiger charge is -2.20. The number of thioether (sulfide) groups is 1. The van der Waals surface area contributed by atoms with E-state index in [1.165, 1.54) is 5.56 Å². The predicted molar refractivity (Wildman–Crippen MR) is 97.2 cm³/mol. The van der Waals surface area contributed by atoms with Gasteiger partial charge in [-0.25, -0.2) is 0 Å². The summed E-state index contributed by atoms with van der Waals surface area (Å²) in [7, 11) is 0. The second-order valence-corrected chi connectivity index (χ2v) is 6.50. The fourth-order valence-electron chi connectivity index (χ4n) is 2.24. The average molecular weight is 316 g/mol. The lowest BCUT2D eigenvalue weighted by atomic mass is 10.1. The third kappa shape index (κ3) is 3.99. The van der Waals surface area contributed by atoms with Gasteiger partial charge in [0.1, 0.15) is 4.99 Å². The first kappa shape index (κ1) is 15.9. The molecule has 0 aliphatic carbocycles. The average Bonchev–Trinajstić information content (AvgIpc) is 2.48. The Morgan fingerprint density at radius 3 is 2.52 bits per heavy atom. The van der Waals surface area contributed by atoms with Crippen molar-refractivity contribution >= 4 is 34.7 Å². The summed E-state index contributed by atoms with van der Waals surface area (Å²) in [6.45, 7) is 4.26. The highest BCUT2D eigenvalue weighted by Gasteiger charge is 2.13. The third-order valence-corrected chi connectivity index (χ3v) is 4.39. The van der Waals surface area contributed by atoms with E-state index in [9.17, 15) is 0 Å². The molecule has 2 aromatic rings. The maximum absolute atomic E-state index is 5.94. The molecule has 0 saturated carbocycles. The van der Waals surface area contributed by atoms with Crippen molar-refractivity contribution < 1.29 is 0 Å². The first-order valence-electron chi connectivity index (χ1n) is 7.00. The van der Waals surface area contributed by atoms with Gasteiger partial charge < -0.3 is 11.1 Å². The highest BCUT2D eigenvalue weighted by Crippen LogP contribution is 2.30. The summed E-state index contributed by atoms with van der Waals surface area (Å²) in [6, 6.07) is 16.7. The van der Waals surface area contributed by atoms with Gasteiger partial charge in [0.25, 0.3) is 0 Å². The van der Waals surface area contributed by atoms with Crippen LogP contribution in [0.3, 0.4) is 0 Å². The molecule has 4 heteroatoms. The van der Waals surface area contributed by atoms with Crippen molar-refractivity contribution in [2.24, 2.45) is 5.73 Å². The minimum absolute atomic E-state index is 0.196. The first-order chi connectivity index (χ1) is 10.1. The van der Waals surface area contributed by atoms with Gasteiger partial charge in [-0.3, -0.25) is 0 Å². The van der Waals surface area contributed by atoms with Gasteiger partial charge in [-0.15, -0.1) is 11.8 Å². The van der Waals surface area contributed by atoms with Gasteiger partial charge in [0.2, 0.25) is 0 Å². The number of hydrogen-bond donors (Lipinski definition) is 2. The minimum Gasteiger partial charge on any atom is -0.389 e. The lowest BCUT2D eigenvalue weighted by Crippen LogP contribution is -2.16. The predicted octanol–water partition coefficient (Wildman–Crippen LogP) is 4.61. The molecule has 1 unspecified atom stereocenters. The molecule has 21 heavy (non-hydrogen) atoms. The molecule has 2 aromatic carbocycles. The van der Waals surface area contributed by atoms with E-state index in [1.807, 2.05) is 30.3 Å². The molecule has 0 saturated heterocycles. The summed E-state index contributed by atoms with van der Waals surface area (Å²) in [5.74, 6) is 0.993. The van der Waals surface area contributed by atoms with Gasteiger partial charge in [0.05, 0.1) is 0 Å². The Bertz CT molecular complexity index is 611. The molecule has 2 nitrogen and oxygen atoms in total. The van der Waals surface area contributed by atoms with Gasteiger partial charge in [0, 0.05) is 22.2 Å². The maximum atomic E-state index is 5.94. The Hall–Kier alpha value is -1.52. The van der Waals surface area contributed by atoms with Crippen LogP contribution in [0, 0.1) is 0 Å². The van der Waals surface area contributed by atoms with Crippen LogP contribution in [0.4, 0.5) is 5.69 Å². The van der Waals surface area contributed by atoms with Crippen molar-refractivity contribution in [3.05, 3.63) is 59.7 Å². The monoisotopic (exact) mass is 316 g/mol. The molecule has 0 aromatic heterocycles.